The molecule has 0 bridgehead atoms. The van der Waals surface area contributed by atoms with Gasteiger partial charge >= 0.3 is 5.97 Å². The zero-order valence-electron chi connectivity index (χ0n) is 11.9. The molecule has 0 aliphatic carbocycles. The summed E-state index contributed by atoms with van der Waals surface area (Å²) in [5.41, 5.74) is 0.398. The molecule has 1 atom stereocenters. The lowest BCUT2D eigenvalue weighted by Gasteiger charge is -2.24. The van der Waals surface area contributed by atoms with E-state index in [0.29, 0.717) is 11.3 Å². The van der Waals surface area contributed by atoms with E-state index >= 15 is 0 Å². The SMILES string of the molecule is CCC(C)(NC(=O)c1cn[nH]c1-c1ccccc1)C(=O)O. The topological polar surface area (TPSA) is 95.1 Å². The maximum atomic E-state index is 12.3. The molecule has 0 saturated carbocycles. The number of hydrogen-bond donors (Lipinski definition) is 3. The van der Waals surface area contributed by atoms with Crippen LogP contribution in [0.4, 0.5) is 0 Å². The number of aliphatic carboxylic acids is 1. The number of nitrogens with zero attached hydrogens (tertiary/aromatic N) is 1. The lowest BCUT2D eigenvalue weighted by atomic mass is 9.98. The predicted octanol–water partition coefficient (Wildman–Crippen LogP) is 2.06. The lowest BCUT2D eigenvalue weighted by Crippen LogP contribution is -2.51. The van der Waals surface area contributed by atoms with Gasteiger partial charge in [0.25, 0.3) is 5.91 Å². The van der Waals surface area contributed by atoms with Crippen molar-refractivity contribution in [2.75, 3.05) is 0 Å². The van der Waals surface area contributed by atoms with Gasteiger partial charge in [-0.05, 0) is 13.3 Å². The van der Waals surface area contributed by atoms with Crippen LogP contribution < -0.4 is 5.32 Å². The zero-order valence-corrected chi connectivity index (χ0v) is 11.9. The molecule has 1 heterocycles. The van der Waals surface area contributed by atoms with Gasteiger partial charge in [-0.25, -0.2) is 4.79 Å². The molecular formula is C15H17N3O3. The average molecular weight is 287 g/mol. The molecule has 0 radical (unpaired) electrons. The molecule has 0 saturated heterocycles. The lowest BCUT2D eigenvalue weighted by molar-refractivity contribution is -0.143. The van der Waals surface area contributed by atoms with Gasteiger partial charge in [-0.2, -0.15) is 5.10 Å². The van der Waals surface area contributed by atoms with Crippen molar-refractivity contribution < 1.29 is 14.7 Å². The maximum Gasteiger partial charge on any atom is 0.329 e. The number of benzene rings is 1. The normalized spacial score (nSPS) is 13.4. The van der Waals surface area contributed by atoms with Crippen LogP contribution in [0.5, 0.6) is 0 Å². The first kappa shape index (κ1) is 14.8. The number of carboxylic acids is 1. The minimum atomic E-state index is -1.30. The number of rotatable bonds is 5. The van der Waals surface area contributed by atoms with Crippen molar-refractivity contribution in [2.45, 2.75) is 25.8 Å². The minimum absolute atomic E-state index is 0.284. The minimum Gasteiger partial charge on any atom is -0.480 e. The summed E-state index contributed by atoms with van der Waals surface area (Å²) in [5, 5.41) is 18.4. The summed E-state index contributed by atoms with van der Waals surface area (Å²) in [6, 6.07) is 9.27. The van der Waals surface area contributed by atoms with Crippen LogP contribution in [0.15, 0.2) is 36.5 Å². The molecule has 0 aliphatic heterocycles. The highest BCUT2D eigenvalue weighted by molar-refractivity contribution is 6.02. The van der Waals surface area contributed by atoms with Crippen molar-refractivity contribution in [1.82, 2.24) is 15.5 Å². The Morgan fingerprint density at radius 3 is 2.57 bits per heavy atom. The highest BCUT2D eigenvalue weighted by Gasteiger charge is 2.33. The molecule has 3 N–H and O–H groups in total. The number of hydrogen-bond acceptors (Lipinski definition) is 3. The predicted molar refractivity (Wildman–Crippen MR) is 77.8 cm³/mol. The van der Waals surface area contributed by atoms with E-state index in [0.717, 1.165) is 5.56 Å². The molecular weight excluding hydrogens is 270 g/mol. The first-order valence-electron chi connectivity index (χ1n) is 6.62. The number of carbonyl (C=O) groups is 2. The van der Waals surface area contributed by atoms with E-state index in [9.17, 15) is 14.7 Å². The van der Waals surface area contributed by atoms with E-state index in [1.165, 1.54) is 13.1 Å². The van der Waals surface area contributed by atoms with Crippen molar-refractivity contribution >= 4 is 11.9 Å². The van der Waals surface area contributed by atoms with Gasteiger partial charge in [0.05, 0.1) is 17.5 Å². The molecule has 1 aromatic heterocycles. The Hall–Kier alpha value is -2.63. The summed E-state index contributed by atoms with van der Waals surface area (Å²) in [6.07, 6.45) is 1.68. The van der Waals surface area contributed by atoms with E-state index in [-0.39, 0.29) is 6.42 Å². The Balaban J connectivity index is 2.30. The van der Waals surface area contributed by atoms with Crippen molar-refractivity contribution in [3.63, 3.8) is 0 Å². The molecule has 110 valence electrons. The molecule has 2 rings (SSSR count). The third-order valence-electron chi connectivity index (χ3n) is 3.51. The van der Waals surface area contributed by atoms with Gasteiger partial charge in [0.2, 0.25) is 0 Å². The monoisotopic (exact) mass is 287 g/mol. The van der Waals surface area contributed by atoms with Crippen molar-refractivity contribution in [1.29, 1.82) is 0 Å². The third kappa shape index (κ3) is 2.94. The van der Waals surface area contributed by atoms with Crippen LogP contribution in [0.3, 0.4) is 0 Å². The Labute approximate surface area is 122 Å². The summed E-state index contributed by atoms with van der Waals surface area (Å²) < 4.78 is 0. The van der Waals surface area contributed by atoms with E-state index in [2.05, 4.69) is 15.5 Å². The smallest absolute Gasteiger partial charge is 0.329 e. The Bertz CT molecular complexity index is 651. The number of aromatic amines is 1. The molecule has 2 aromatic rings. The molecule has 0 fully saturated rings. The molecule has 6 nitrogen and oxygen atoms in total. The Morgan fingerprint density at radius 2 is 2.00 bits per heavy atom. The second-order valence-corrected chi connectivity index (χ2v) is 4.97. The van der Waals surface area contributed by atoms with Crippen LogP contribution >= 0.6 is 0 Å². The molecule has 1 aromatic carbocycles. The zero-order chi connectivity index (χ0) is 15.5. The number of nitrogens with one attached hydrogen (secondary N) is 2. The van der Waals surface area contributed by atoms with Gasteiger partial charge in [0.15, 0.2) is 0 Å². The fourth-order valence-electron chi connectivity index (χ4n) is 1.89. The van der Waals surface area contributed by atoms with Gasteiger partial charge in [0.1, 0.15) is 5.54 Å². The summed E-state index contributed by atoms with van der Waals surface area (Å²) in [5.74, 6) is -1.53. The number of amides is 1. The number of carboxylic acid groups (broad SMARTS) is 1. The molecule has 1 amide bonds. The summed E-state index contributed by atoms with van der Waals surface area (Å²) in [4.78, 5) is 23.6. The van der Waals surface area contributed by atoms with E-state index in [4.69, 9.17) is 0 Å². The molecule has 0 aliphatic rings. The highest BCUT2D eigenvalue weighted by Crippen LogP contribution is 2.21. The summed E-state index contributed by atoms with van der Waals surface area (Å²) in [6.45, 7) is 3.19. The second kappa shape index (κ2) is 5.78. The highest BCUT2D eigenvalue weighted by atomic mass is 16.4. The number of carbonyl (C=O) groups excluding carboxylic acids is 1. The molecule has 21 heavy (non-hydrogen) atoms. The Kier molecular flexibility index (Phi) is 4.07. The van der Waals surface area contributed by atoms with Crippen molar-refractivity contribution in [3.05, 3.63) is 42.1 Å². The van der Waals surface area contributed by atoms with Crippen LogP contribution in [0.25, 0.3) is 11.3 Å². The average Bonchev–Trinajstić information content (AvgIpc) is 2.97. The van der Waals surface area contributed by atoms with E-state index < -0.39 is 17.4 Å². The van der Waals surface area contributed by atoms with Gasteiger partial charge in [-0.3, -0.25) is 9.89 Å². The number of H-pyrrole nitrogens is 1. The van der Waals surface area contributed by atoms with Crippen LogP contribution in [0.1, 0.15) is 30.6 Å². The van der Waals surface area contributed by atoms with E-state index in [1.807, 2.05) is 30.3 Å². The first-order valence-corrected chi connectivity index (χ1v) is 6.62. The van der Waals surface area contributed by atoms with Gasteiger partial charge < -0.3 is 10.4 Å². The molecule has 6 heteroatoms. The van der Waals surface area contributed by atoms with Gasteiger partial charge in [-0.15, -0.1) is 0 Å². The number of aromatic nitrogens is 2. The Morgan fingerprint density at radius 1 is 1.33 bits per heavy atom. The maximum absolute atomic E-state index is 12.3. The second-order valence-electron chi connectivity index (χ2n) is 4.97. The van der Waals surface area contributed by atoms with Crippen LogP contribution in [0, 0.1) is 0 Å². The fraction of sp³-hybridized carbons (Fsp3) is 0.267. The van der Waals surface area contributed by atoms with E-state index in [1.54, 1.807) is 6.92 Å². The van der Waals surface area contributed by atoms with Gasteiger partial charge in [-0.1, -0.05) is 37.3 Å². The largest absolute Gasteiger partial charge is 0.480 e. The van der Waals surface area contributed by atoms with Gasteiger partial charge in [0, 0.05) is 5.56 Å². The quantitative estimate of drug-likeness (QED) is 0.784. The first-order chi connectivity index (χ1) is 9.98. The standard InChI is InChI=1S/C15H17N3O3/c1-3-15(2,14(20)21)17-13(19)11-9-16-18-12(11)10-7-5-4-6-8-10/h4-9H,3H2,1-2H3,(H,16,18)(H,17,19)(H,20,21). The molecule has 1 unspecified atom stereocenters. The van der Waals surface area contributed by atoms with Crippen molar-refractivity contribution in [3.8, 4) is 11.3 Å². The van der Waals surface area contributed by atoms with Crippen LogP contribution in [-0.2, 0) is 4.79 Å². The van der Waals surface area contributed by atoms with Crippen LogP contribution in [0.2, 0.25) is 0 Å². The third-order valence-corrected chi connectivity index (χ3v) is 3.51. The van der Waals surface area contributed by atoms with Crippen LogP contribution in [-0.4, -0.2) is 32.7 Å². The van der Waals surface area contributed by atoms with Crippen molar-refractivity contribution in [2.24, 2.45) is 0 Å². The molecule has 0 spiro atoms. The fourth-order valence-corrected chi connectivity index (χ4v) is 1.89. The summed E-state index contributed by atoms with van der Waals surface area (Å²) in [7, 11) is 0. The summed E-state index contributed by atoms with van der Waals surface area (Å²) >= 11 is 0.